The van der Waals surface area contributed by atoms with Gasteiger partial charge in [0, 0.05) is 27.1 Å². The Labute approximate surface area is 135 Å². The highest BCUT2D eigenvalue weighted by molar-refractivity contribution is 7.89. The van der Waals surface area contributed by atoms with Crippen LogP contribution in [0.15, 0.2) is 23.1 Å². The Morgan fingerprint density at radius 3 is 2.78 bits per heavy atom. The Kier molecular flexibility index (Phi) is 5.72. The summed E-state index contributed by atoms with van der Waals surface area (Å²) in [6, 6.07) is 3.34. The van der Waals surface area contributed by atoms with Crippen molar-refractivity contribution < 1.29 is 22.3 Å². The first kappa shape index (κ1) is 17.8. The predicted molar refractivity (Wildman–Crippen MR) is 84.1 cm³/mol. The summed E-state index contributed by atoms with van der Waals surface area (Å²) >= 11 is 0. The van der Waals surface area contributed by atoms with Gasteiger partial charge in [0.25, 0.3) is 0 Å². The van der Waals surface area contributed by atoms with Crippen LogP contribution in [0.1, 0.15) is 25.7 Å². The number of sulfonamides is 1. The number of nitrogens with one attached hydrogen (secondary N) is 1. The van der Waals surface area contributed by atoms with Crippen LogP contribution in [-0.4, -0.2) is 45.4 Å². The van der Waals surface area contributed by atoms with Gasteiger partial charge in [0.05, 0.1) is 16.7 Å². The molecular formula is C15H21FN2O4S. The Bertz CT molecular complexity index is 670. The van der Waals surface area contributed by atoms with Crippen LogP contribution in [-0.2, 0) is 19.6 Å². The zero-order chi connectivity index (χ0) is 17.0. The standard InChI is InChI=1S/C15H21FN2O4S/c1-18(2)23(20,21)12-6-7-13(16)14(10-12)17-15(19)8-5-11-4-3-9-22-11/h6-7,10-11H,3-5,8-9H2,1-2H3,(H,17,19)/t11-/m1/s1. The third-order valence-corrected chi connectivity index (χ3v) is 5.52. The van der Waals surface area contributed by atoms with E-state index < -0.39 is 15.8 Å². The third kappa shape index (κ3) is 4.49. The van der Waals surface area contributed by atoms with Crippen molar-refractivity contribution in [2.75, 3.05) is 26.0 Å². The number of carbonyl (C=O) groups is 1. The number of carbonyl (C=O) groups excluding carboxylic acids is 1. The number of amides is 1. The number of rotatable bonds is 6. The molecule has 2 rings (SSSR count). The number of hydrogen-bond donors (Lipinski definition) is 1. The summed E-state index contributed by atoms with van der Waals surface area (Å²) in [5.41, 5.74) is -0.134. The molecule has 1 aliphatic rings. The lowest BCUT2D eigenvalue weighted by Gasteiger charge is -2.14. The first-order valence-electron chi connectivity index (χ1n) is 7.44. The van der Waals surface area contributed by atoms with E-state index in [0.29, 0.717) is 13.0 Å². The third-order valence-electron chi connectivity index (χ3n) is 3.71. The second kappa shape index (κ2) is 7.37. The molecule has 1 amide bonds. The van der Waals surface area contributed by atoms with Crippen LogP contribution in [0.5, 0.6) is 0 Å². The Balaban J connectivity index is 2.05. The minimum absolute atomic E-state index is 0.0710. The van der Waals surface area contributed by atoms with Gasteiger partial charge in [-0.2, -0.15) is 0 Å². The highest BCUT2D eigenvalue weighted by atomic mass is 32.2. The fourth-order valence-corrected chi connectivity index (χ4v) is 3.28. The summed E-state index contributed by atoms with van der Waals surface area (Å²) in [6.45, 7) is 0.714. The molecule has 0 aliphatic carbocycles. The maximum atomic E-state index is 13.8. The average molecular weight is 344 g/mol. The molecule has 1 aromatic carbocycles. The average Bonchev–Trinajstić information content (AvgIpc) is 3.00. The van der Waals surface area contributed by atoms with Gasteiger partial charge in [0.2, 0.25) is 15.9 Å². The van der Waals surface area contributed by atoms with Crippen LogP contribution in [0.4, 0.5) is 10.1 Å². The van der Waals surface area contributed by atoms with Crippen LogP contribution in [0, 0.1) is 5.82 Å². The van der Waals surface area contributed by atoms with E-state index >= 15 is 0 Å². The summed E-state index contributed by atoms with van der Waals surface area (Å²) in [4.78, 5) is 11.9. The van der Waals surface area contributed by atoms with E-state index in [1.165, 1.54) is 20.2 Å². The van der Waals surface area contributed by atoms with Crippen molar-refractivity contribution in [1.29, 1.82) is 0 Å². The summed E-state index contributed by atoms with van der Waals surface area (Å²) in [5, 5.41) is 2.43. The molecule has 0 bridgehead atoms. The number of benzene rings is 1. The van der Waals surface area contributed by atoms with Gasteiger partial charge in [0.15, 0.2) is 0 Å². The van der Waals surface area contributed by atoms with Crippen molar-refractivity contribution in [2.24, 2.45) is 0 Å². The number of nitrogens with zero attached hydrogens (tertiary/aromatic N) is 1. The van der Waals surface area contributed by atoms with Crippen LogP contribution in [0.25, 0.3) is 0 Å². The molecule has 0 saturated carbocycles. The van der Waals surface area contributed by atoms with Gasteiger partial charge < -0.3 is 10.1 Å². The Hall–Kier alpha value is -1.51. The van der Waals surface area contributed by atoms with Crippen molar-refractivity contribution in [3.63, 3.8) is 0 Å². The first-order chi connectivity index (χ1) is 10.8. The first-order valence-corrected chi connectivity index (χ1v) is 8.88. The van der Waals surface area contributed by atoms with E-state index in [-0.39, 0.29) is 29.0 Å². The van der Waals surface area contributed by atoms with E-state index in [9.17, 15) is 17.6 Å². The molecule has 0 radical (unpaired) electrons. The van der Waals surface area contributed by atoms with E-state index in [0.717, 1.165) is 29.3 Å². The molecule has 1 atom stereocenters. The molecule has 1 N–H and O–H groups in total. The highest BCUT2D eigenvalue weighted by Gasteiger charge is 2.20. The highest BCUT2D eigenvalue weighted by Crippen LogP contribution is 2.22. The largest absolute Gasteiger partial charge is 0.378 e. The Morgan fingerprint density at radius 2 is 2.17 bits per heavy atom. The van der Waals surface area contributed by atoms with Crippen molar-refractivity contribution in [1.82, 2.24) is 4.31 Å². The molecule has 0 spiro atoms. The Morgan fingerprint density at radius 1 is 1.43 bits per heavy atom. The van der Waals surface area contributed by atoms with Gasteiger partial charge in [-0.3, -0.25) is 4.79 Å². The minimum Gasteiger partial charge on any atom is -0.378 e. The predicted octanol–water partition coefficient (Wildman–Crippen LogP) is 1.97. The lowest BCUT2D eigenvalue weighted by molar-refractivity contribution is -0.116. The second-order valence-electron chi connectivity index (χ2n) is 5.65. The molecule has 1 aromatic rings. The molecule has 128 valence electrons. The van der Waals surface area contributed by atoms with E-state index in [1.807, 2.05) is 0 Å². The van der Waals surface area contributed by atoms with Gasteiger partial charge >= 0.3 is 0 Å². The minimum atomic E-state index is -3.68. The molecule has 1 fully saturated rings. The van der Waals surface area contributed by atoms with Gasteiger partial charge in [0.1, 0.15) is 5.82 Å². The lowest BCUT2D eigenvalue weighted by atomic mass is 10.1. The fraction of sp³-hybridized carbons (Fsp3) is 0.533. The number of ether oxygens (including phenoxy) is 1. The lowest BCUT2D eigenvalue weighted by Crippen LogP contribution is -2.22. The quantitative estimate of drug-likeness (QED) is 0.856. The van der Waals surface area contributed by atoms with Crippen molar-refractivity contribution in [3.8, 4) is 0 Å². The maximum Gasteiger partial charge on any atom is 0.242 e. The van der Waals surface area contributed by atoms with Crippen LogP contribution >= 0.6 is 0 Å². The van der Waals surface area contributed by atoms with Crippen LogP contribution < -0.4 is 5.32 Å². The summed E-state index contributed by atoms with van der Waals surface area (Å²) in [6.07, 6.45) is 2.77. The van der Waals surface area contributed by atoms with E-state index in [1.54, 1.807) is 0 Å². The van der Waals surface area contributed by atoms with Gasteiger partial charge in [-0.25, -0.2) is 17.1 Å². The van der Waals surface area contributed by atoms with Crippen molar-refractivity contribution >= 4 is 21.6 Å². The van der Waals surface area contributed by atoms with Gasteiger partial charge in [-0.05, 0) is 37.5 Å². The zero-order valence-electron chi connectivity index (χ0n) is 13.2. The van der Waals surface area contributed by atoms with Crippen molar-refractivity contribution in [3.05, 3.63) is 24.0 Å². The topological polar surface area (TPSA) is 75.7 Å². The number of halogens is 1. The SMILES string of the molecule is CN(C)S(=O)(=O)c1ccc(F)c(NC(=O)CC[C@H]2CCCO2)c1. The molecule has 0 aromatic heterocycles. The fourth-order valence-electron chi connectivity index (χ4n) is 2.35. The van der Waals surface area contributed by atoms with Gasteiger partial charge in [-0.15, -0.1) is 0 Å². The zero-order valence-corrected chi connectivity index (χ0v) is 14.0. The van der Waals surface area contributed by atoms with Crippen molar-refractivity contribution in [2.45, 2.75) is 36.7 Å². The molecule has 1 heterocycles. The maximum absolute atomic E-state index is 13.8. The van der Waals surface area contributed by atoms with E-state index in [4.69, 9.17) is 4.74 Å². The molecule has 23 heavy (non-hydrogen) atoms. The van der Waals surface area contributed by atoms with Gasteiger partial charge in [-0.1, -0.05) is 0 Å². The molecule has 1 saturated heterocycles. The molecule has 6 nitrogen and oxygen atoms in total. The summed E-state index contributed by atoms with van der Waals surface area (Å²) in [5.74, 6) is -1.04. The normalized spacial score (nSPS) is 18.3. The smallest absolute Gasteiger partial charge is 0.242 e. The molecule has 8 heteroatoms. The van der Waals surface area contributed by atoms with E-state index in [2.05, 4.69) is 5.32 Å². The summed E-state index contributed by atoms with van der Waals surface area (Å²) in [7, 11) is -0.907. The monoisotopic (exact) mass is 344 g/mol. The molecule has 0 unspecified atom stereocenters. The molecular weight excluding hydrogens is 323 g/mol. The number of anilines is 1. The van der Waals surface area contributed by atoms with Crippen LogP contribution in [0.2, 0.25) is 0 Å². The summed E-state index contributed by atoms with van der Waals surface area (Å²) < 4.78 is 44.4. The molecule has 1 aliphatic heterocycles. The van der Waals surface area contributed by atoms with Crippen LogP contribution in [0.3, 0.4) is 0 Å². The second-order valence-corrected chi connectivity index (χ2v) is 7.80. The number of hydrogen-bond acceptors (Lipinski definition) is 4.